The van der Waals surface area contributed by atoms with Gasteiger partial charge in [-0.1, -0.05) is 0 Å². The number of hydrogen-bond donors (Lipinski definition) is 0. The molecule has 0 aliphatic heterocycles. The van der Waals surface area contributed by atoms with Crippen LogP contribution in [0.3, 0.4) is 0 Å². The minimum atomic E-state index is -0.0843. The molecule has 3 rings (SSSR count). The van der Waals surface area contributed by atoms with Crippen LogP contribution >= 0.6 is 11.6 Å². The van der Waals surface area contributed by atoms with Crippen LogP contribution in [0, 0.1) is 0 Å². The fourth-order valence-corrected chi connectivity index (χ4v) is 1.96. The molecule has 0 spiro atoms. The molecule has 18 heavy (non-hydrogen) atoms. The van der Waals surface area contributed by atoms with Crippen molar-refractivity contribution in [2.45, 2.75) is 5.88 Å². The number of hydrogen-bond acceptors (Lipinski definition) is 3. The van der Waals surface area contributed by atoms with Crippen molar-refractivity contribution in [2.75, 3.05) is 0 Å². The molecule has 0 saturated carbocycles. The lowest BCUT2D eigenvalue weighted by atomic mass is 10.2. The number of alkyl halides is 1. The molecule has 3 aromatic rings. The van der Waals surface area contributed by atoms with Gasteiger partial charge in [0.2, 0.25) is 0 Å². The third kappa shape index (κ3) is 1.80. The largest absolute Gasteiger partial charge is 0.459 e. The molecular weight excluding hydrogens is 252 g/mol. The lowest BCUT2D eigenvalue weighted by Crippen LogP contribution is -2.02. The molecule has 0 aliphatic rings. The third-order valence-corrected chi connectivity index (χ3v) is 2.93. The zero-order valence-electron chi connectivity index (χ0n) is 9.34. The molecule has 0 amide bonds. The van der Waals surface area contributed by atoms with Crippen molar-refractivity contribution in [3.8, 4) is 5.69 Å². The number of halogens is 1. The number of aromatic nitrogens is 2. The van der Waals surface area contributed by atoms with Crippen molar-refractivity contribution < 1.29 is 4.42 Å². The Morgan fingerprint density at radius 2 is 2.22 bits per heavy atom. The first-order chi connectivity index (χ1) is 8.78. The SMILES string of the molecule is O=c1cc(CCl)oc2cc(-n3cccn3)ccc12. The number of fused-ring (bicyclic) bond motifs is 1. The molecule has 0 atom stereocenters. The Bertz CT molecular complexity index is 747. The van der Waals surface area contributed by atoms with E-state index in [2.05, 4.69) is 5.10 Å². The average molecular weight is 261 g/mol. The van der Waals surface area contributed by atoms with Crippen LogP contribution in [0.15, 0.2) is 51.9 Å². The second kappa shape index (κ2) is 4.31. The zero-order chi connectivity index (χ0) is 12.5. The Morgan fingerprint density at radius 3 is 2.94 bits per heavy atom. The Kier molecular flexibility index (Phi) is 2.64. The van der Waals surface area contributed by atoms with E-state index < -0.39 is 0 Å². The number of benzene rings is 1. The molecule has 0 bridgehead atoms. The van der Waals surface area contributed by atoms with Crippen LogP contribution in [0.2, 0.25) is 0 Å². The molecular formula is C13H9ClN2O2. The highest BCUT2D eigenvalue weighted by Crippen LogP contribution is 2.17. The molecule has 0 saturated heterocycles. The lowest BCUT2D eigenvalue weighted by Gasteiger charge is -2.04. The molecule has 4 nitrogen and oxygen atoms in total. The van der Waals surface area contributed by atoms with E-state index in [0.29, 0.717) is 16.7 Å². The number of nitrogens with zero attached hydrogens (tertiary/aromatic N) is 2. The van der Waals surface area contributed by atoms with E-state index in [1.807, 2.05) is 18.3 Å². The first-order valence-electron chi connectivity index (χ1n) is 5.41. The van der Waals surface area contributed by atoms with Crippen molar-refractivity contribution in [2.24, 2.45) is 0 Å². The summed E-state index contributed by atoms with van der Waals surface area (Å²) in [5.41, 5.74) is 1.27. The lowest BCUT2D eigenvalue weighted by molar-refractivity contribution is 0.558. The van der Waals surface area contributed by atoms with Crippen molar-refractivity contribution >= 4 is 22.6 Å². The molecule has 0 N–H and O–H groups in total. The minimum Gasteiger partial charge on any atom is -0.459 e. The van der Waals surface area contributed by atoms with E-state index in [9.17, 15) is 4.79 Å². The Labute approximate surface area is 107 Å². The second-order valence-corrected chi connectivity index (χ2v) is 4.11. The molecule has 0 radical (unpaired) electrons. The smallest absolute Gasteiger partial charge is 0.192 e. The molecule has 2 aromatic heterocycles. The van der Waals surface area contributed by atoms with Crippen LogP contribution in [-0.4, -0.2) is 9.78 Å². The van der Waals surface area contributed by atoms with Crippen molar-refractivity contribution in [1.29, 1.82) is 0 Å². The molecule has 0 fully saturated rings. The average Bonchev–Trinajstić information content (AvgIpc) is 2.91. The Balaban J connectivity index is 2.25. The summed E-state index contributed by atoms with van der Waals surface area (Å²) in [6.45, 7) is 0. The fraction of sp³-hybridized carbons (Fsp3) is 0.0769. The summed E-state index contributed by atoms with van der Waals surface area (Å²) in [5, 5.41) is 4.67. The molecule has 1 aromatic carbocycles. The van der Waals surface area contributed by atoms with E-state index in [1.165, 1.54) is 6.07 Å². The van der Waals surface area contributed by atoms with E-state index in [-0.39, 0.29) is 11.3 Å². The van der Waals surface area contributed by atoms with E-state index in [4.69, 9.17) is 16.0 Å². The summed E-state index contributed by atoms with van der Waals surface area (Å²) in [5.74, 6) is 0.642. The van der Waals surface area contributed by atoms with Gasteiger partial charge in [-0.2, -0.15) is 5.10 Å². The van der Waals surface area contributed by atoms with Crippen molar-refractivity contribution in [3.05, 3.63) is 58.7 Å². The maximum absolute atomic E-state index is 11.8. The van der Waals surface area contributed by atoms with Crippen molar-refractivity contribution in [3.63, 3.8) is 0 Å². The van der Waals surface area contributed by atoms with Gasteiger partial charge in [-0.25, -0.2) is 4.68 Å². The van der Waals surface area contributed by atoms with Gasteiger partial charge in [0.1, 0.15) is 11.3 Å². The maximum atomic E-state index is 11.8. The topological polar surface area (TPSA) is 48.0 Å². The van der Waals surface area contributed by atoms with E-state index >= 15 is 0 Å². The normalized spacial score (nSPS) is 10.9. The summed E-state index contributed by atoms with van der Waals surface area (Å²) in [4.78, 5) is 11.8. The van der Waals surface area contributed by atoms with Gasteiger partial charge in [-0.15, -0.1) is 11.6 Å². The van der Waals surface area contributed by atoms with Gasteiger partial charge in [0.15, 0.2) is 5.43 Å². The Morgan fingerprint density at radius 1 is 1.33 bits per heavy atom. The van der Waals surface area contributed by atoms with Crippen LogP contribution in [-0.2, 0) is 5.88 Å². The quantitative estimate of drug-likeness (QED) is 0.666. The summed E-state index contributed by atoms with van der Waals surface area (Å²) in [7, 11) is 0. The summed E-state index contributed by atoms with van der Waals surface area (Å²) in [6.07, 6.45) is 3.51. The molecule has 0 aliphatic carbocycles. The summed E-state index contributed by atoms with van der Waals surface area (Å²) in [6, 6.07) is 8.58. The highest BCUT2D eigenvalue weighted by atomic mass is 35.5. The third-order valence-electron chi connectivity index (χ3n) is 2.66. The monoisotopic (exact) mass is 260 g/mol. The predicted octanol–water partition coefficient (Wildman–Crippen LogP) is 2.72. The Hall–Kier alpha value is -2.07. The highest BCUT2D eigenvalue weighted by molar-refractivity contribution is 6.16. The van der Waals surface area contributed by atoms with Gasteiger partial charge in [-0.3, -0.25) is 4.79 Å². The first kappa shape index (κ1) is 11.0. The van der Waals surface area contributed by atoms with Crippen LogP contribution in [0.1, 0.15) is 5.76 Å². The van der Waals surface area contributed by atoms with Gasteiger partial charge in [0.25, 0.3) is 0 Å². The van der Waals surface area contributed by atoms with Crippen molar-refractivity contribution in [1.82, 2.24) is 9.78 Å². The van der Waals surface area contributed by atoms with Gasteiger partial charge >= 0.3 is 0 Å². The molecule has 2 heterocycles. The van der Waals surface area contributed by atoms with E-state index in [1.54, 1.807) is 23.0 Å². The fourth-order valence-electron chi connectivity index (χ4n) is 1.82. The predicted molar refractivity (Wildman–Crippen MR) is 69.2 cm³/mol. The standard InChI is InChI=1S/C13H9ClN2O2/c14-8-10-7-12(17)11-3-2-9(6-13(11)18-10)16-5-1-4-15-16/h1-7H,8H2. The van der Waals surface area contributed by atoms with E-state index in [0.717, 1.165) is 5.69 Å². The van der Waals surface area contributed by atoms with Gasteiger partial charge in [0.05, 0.1) is 17.0 Å². The van der Waals surface area contributed by atoms with Crippen LogP contribution in [0.25, 0.3) is 16.7 Å². The zero-order valence-corrected chi connectivity index (χ0v) is 10.1. The van der Waals surface area contributed by atoms with Crippen LogP contribution in [0.5, 0.6) is 0 Å². The molecule has 5 heteroatoms. The van der Waals surface area contributed by atoms with Gasteiger partial charge < -0.3 is 4.42 Å². The first-order valence-corrected chi connectivity index (χ1v) is 5.94. The summed E-state index contributed by atoms with van der Waals surface area (Å²) < 4.78 is 7.26. The number of rotatable bonds is 2. The minimum absolute atomic E-state index is 0.0843. The second-order valence-electron chi connectivity index (χ2n) is 3.84. The van der Waals surface area contributed by atoms with Crippen LogP contribution in [0.4, 0.5) is 0 Å². The molecule has 0 unspecified atom stereocenters. The van der Waals surface area contributed by atoms with Gasteiger partial charge in [0, 0.05) is 24.5 Å². The maximum Gasteiger partial charge on any atom is 0.192 e. The molecule has 90 valence electrons. The van der Waals surface area contributed by atoms with Gasteiger partial charge in [-0.05, 0) is 18.2 Å². The highest BCUT2D eigenvalue weighted by Gasteiger charge is 2.06. The summed E-state index contributed by atoms with van der Waals surface area (Å²) >= 11 is 5.69. The van der Waals surface area contributed by atoms with Crippen LogP contribution < -0.4 is 5.43 Å².